The van der Waals surface area contributed by atoms with E-state index in [0.717, 1.165) is 49.4 Å². The molecule has 5 nitrogen and oxygen atoms in total. The molecule has 0 saturated heterocycles. The van der Waals surface area contributed by atoms with Crippen LogP contribution < -0.4 is 14.8 Å². The molecule has 0 amide bonds. The van der Waals surface area contributed by atoms with Gasteiger partial charge in [0.15, 0.2) is 11.5 Å². The second-order valence-electron chi connectivity index (χ2n) is 7.74. The van der Waals surface area contributed by atoms with Crippen molar-refractivity contribution in [2.24, 2.45) is 4.99 Å². The van der Waals surface area contributed by atoms with Crippen LogP contribution in [0, 0.1) is 6.92 Å². The number of ether oxygens (including phenoxy) is 2. The van der Waals surface area contributed by atoms with E-state index in [-0.39, 0.29) is 0 Å². The van der Waals surface area contributed by atoms with Crippen molar-refractivity contribution in [3.63, 3.8) is 0 Å². The lowest BCUT2D eigenvalue weighted by atomic mass is 10.1. The fraction of sp³-hybridized carbons (Fsp3) is 0.308. The number of aryl methyl sites for hydroxylation is 1. The number of nitrogens with zero attached hydrogens (tertiary/aromatic N) is 2. The summed E-state index contributed by atoms with van der Waals surface area (Å²) in [6, 6.07) is 20.2. The Bertz CT molecular complexity index is 1020. The van der Waals surface area contributed by atoms with Gasteiger partial charge in [0.2, 0.25) is 5.88 Å². The summed E-state index contributed by atoms with van der Waals surface area (Å²) in [5, 5.41) is 3.52. The quantitative estimate of drug-likeness (QED) is 0.586. The first-order chi connectivity index (χ1) is 15.3. The Balaban J connectivity index is 1.64. The molecule has 1 aliphatic rings. The van der Waals surface area contributed by atoms with Crippen LogP contribution in [0.3, 0.4) is 0 Å². The molecular formula is C26H29N3O2. The monoisotopic (exact) mass is 415 g/mol. The predicted molar refractivity (Wildman–Crippen MR) is 124 cm³/mol. The molecule has 1 aromatic heterocycles. The van der Waals surface area contributed by atoms with Gasteiger partial charge >= 0.3 is 0 Å². The van der Waals surface area contributed by atoms with Crippen molar-refractivity contribution >= 4 is 5.84 Å². The van der Waals surface area contributed by atoms with Crippen molar-refractivity contribution in [3.8, 4) is 17.4 Å². The Morgan fingerprint density at radius 1 is 0.871 bits per heavy atom. The van der Waals surface area contributed by atoms with Crippen molar-refractivity contribution in [2.75, 3.05) is 13.2 Å². The Labute approximate surface area is 184 Å². The van der Waals surface area contributed by atoms with Crippen LogP contribution in [0.2, 0.25) is 0 Å². The van der Waals surface area contributed by atoms with Crippen LogP contribution in [-0.2, 0) is 6.54 Å². The maximum Gasteiger partial charge on any atom is 0.230 e. The van der Waals surface area contributed by atoms with E-state index >= 15 is 0 Å². The zero-order valence-corrected chi connectivity index (χ0v) is 18.0. The van der Waals surface area contributed by atoms with Gasteiger partial charge in [-0.2, -0.15) is 0 Å². The van der Waals surface area contributed by atoms with Gasteiger partial charge in [-0.3, -0.25) is 4.99 Å². The van der Waals surface area contributed by atoms with Gasteiger partial charge in [-0.25, -0.2) is 4.98 Å². The minimum absolute atomic E-state index is 0.519. The van der Waals surface area contributed by atoms with E-state index in [1.165, 1.54) is 11.1 Å². The molecule has 1 N–H and O–H groups in total. The zero-order chi connectivity index (χ0) is 21.3. The van der Waals surface area contributed by atoms with E-state index in [4.69, 9.17) is 14.5 Å². The molecule has 31 heavy (non-hydrogen) atoms. The molecule has 0 aliphatic carbocycles. The molecule has 0 saturated carbocycles. The minimum Gasteiger partial charge on any atom is -0.490 e. The highest BCUT2D eigenvalue weighted by molar-refractivity contribution is 6.00. The highest BCUT2D eigenvalue weighted by Crippen LogP contribution is 2.32. The van der Waals surface area contributed by atoms with Crippen LogP contribution in [0.5, 0.6) is 17.4 Å². The minimum atomic E-state index is 0.519. The Morgan fingerprint density at radius 2 is 1.68 bits per heavy atom. The van der Waals surface area contributed by atoms with E-state index in [0.29, 0.717) is 24.8 Å². The van der Waals surface area contributed by atoms with Gasteiger partial charge in [-0.05, 0) is 56.0 Å². The molecule has 2 heterocycles. The molecule has 3 aromatic rings. The largest absolute Gasteiger partial charge is 0.490 e. The third-order valence-electron chi connectivity index (χ3n) is 5.24. The number of rotatable bonds is 2. The molecule has 0 radical (unpaired) electrons. The molecular weight excluding hydrogens is 386 g/mol. The molecule has 1 aliphatic heterocycles. The summed E-state index contributed by atoms with van der Waals surface area (Å²) in [5.74, 6) is 2.73. The van der Waals surface area contributed by atoms with Gasteiger partial charge in [0, 0.05) is 19.3 Å². The maximum absolute atomic E-state index is 6.23. The van der Waals surface area contributed by atoms with Crippen LogP contribution in [-0.4, -0.2) is 24.0 Å². The summed E-state index contributed by atoms with van der Waals surface area (Å²) in [6.45, 7) is 4.23. The highest BCUT2D eigenvalue weighted by Gasteiger charge is 2.15. The lowest BCUT2D eigenvalue weighted by molar-refractivity contribution is 0.290. The first kappa shape index (κ1) is 20.9. The average molecular weight is 416 g/mol. The second kappa shape index (κ2) is 10.6. The summed E-state index contributed by atoms with van der Waals surface area (Å²) in [4.78, 5) is 9.40. The lowest BCUT2D eigenvalue weighted by Gasteiger charge is -2.17. The standard InChI is InChI=1S/C26H29N3O2/c1-20-12-14-21(15-13-20)19-29-25-22-9-8-17-28-26(22)31-24-11-5-4-10-23(24)30-18-7-3-2-6-16-27-25/h4-5,8-15,17H,2-3,6-7,16,18-19H2,1H3,(H,27,29). The summed E-state index contributed by atoms with van der Waals surface area (Å²) in [6.07, 6.45) is 6.07. The number of hydrogen-bond donors (Lipinski definition) is 1. The van der Waals surface area contributed by atoms with Crippen LogP contribution in [0.4, 0.5) is 0 Å². The fourth-order valence-electron chi connectivity index (χ4n) is 3.48. The van der Waals surface area contributed by atoms with Gasteiger partial charge in [-0.15, -0.1) is 0 Å². The molecule has 160 valence electrons. The van der Waals surface area contributed by atoms with Crippen LogP contribution in [0.15, 0.2) is 71.9 Å². The number of aromatic nitrogens is 1. The molecule has 5 heteroatoms. The van der Waals surface area contributed by atoms with E-state index in [2.05, 4.69) is 41.5 Å². The lowest BCUT2D eigenvalue weighted by Crippen LogP contribution is -2.25. The van der Waals surface area contributed by atoms with Crippen molar-refractivity contribution in [3.05, 3.63) is 83.6 Å². The third-order valence-corrected chi connectivity index (χ3v) is 5.24. The van der Waals surface area contributed by atoms with E-state index in [9.17, 15) is 0 Å². The summed E-state index contributed by atoms with van der Waals surface area (Å²) < 4.78 is 12.2. The number of benzene rings is 2. The topological polar surface area (TPSA) is 55.7 Å². The molecule has 0 atom stereocenters. The van der Waals surface area contributed by atoms with Gasteiger partial charge in [0.1, 0.15) is 5.84 Å². The molecule has 4 rings (SSSR count). The van der Waals surface area contributed by atoms with Crippen molar-refractivity contribution < 1.29 is 9.47 Å². The van der Waals surface area contributed by atoms with E-state index in [1.54, 1.807) is 6.20 Å². The molecule has 0 unspecified atom stereocenters. The Morgan fingerprint density at radius 3 is 2.55 bits per heavy atom. The number of para-hydroxylation sites is 2. The van der Waals surface area contributed by atoms with Crippen LogP contribution >= 0.6 is 0 Å². The number of aliphatic imine (C=N–C) groups is 1. The van der Waals surface area contributed by atoms with Crippen molar-refractivity contribution in [1.82, 2.24) is 10.3 Å². The van der Waals surface area contributed by atoms with E-state index in [1.807, 2.05) is 36.4 Å². The second-order valence-corrected chi connectivity index (χ2v) is 7.74. The predicted octanol–water partition coefficient (Wildman–Crippen LogP) is 5.67. The summed E-state index contributed by atoms with van der Waals surface area (Å²) in [5.41, 5.74) is 3.31. The Kier molecular flexibility index (Phi) is 7.16. The highest BCUT2D eigenvalue weighted by atomic mass is 16.5. The first-order valence-corrected chi connectivity index (χ1v) is 11.0. The smallest absolute Gasteiger partial charge is 0.230 e. The van der Waals surface area contributed by atoms with Gasteiger partial charge in [-0.1, -0.05) is 48.4 Å². The van der Waals surface area contributed by atoms with Crippen molar-refractivity contribution in [2.45, 2.75) is 39.2 Å². The summed E-state index contributed by atoms with van der Waals surface area (Å²) in [7, 11) is 0. The van der Waals surface area contributed by atoms with Crippen molar-refractivity contribution in [1.29, 1.82) is 0 Å². The number of nitrogens with one attached hydrogen (secondary N) is 1. The van der Waals surface area contributed by atoms with Gasteiger partial charge in [0.05, 0.1) is 12.2 Å². The maximum atomic E-state index is 6.23. The molecule has 0 bridgehead atoms. The summed E-state index contributed by atoms with van der Waals surface area (Å²) >= 11 is 0. The van der Waals surface area contributed by atoms with E-state index < -0.39 is 0 Å². The Hall–Kier alpha value is -3.34. The SMILES string of the molecule is Cc1ccc(CNC2=NCCCCCCOc3ccccc3Oc3ncccc32)cc1. The average Bonchev–Trinajstić information content (AvgIpc) is 2.80. The first-order valence-electron chi connectivity index (χ1n) is 11.0. The zero-order valence-electron chi connectivity index (χ0n) is 18.0. The number of pyridine rings is 1. The van der Waals surface area contributed by atoms with Crippen LogP contribution in [0.25, 0.3) is 0 Å². The number of amidine groups is 1. The fourth-order valence-corrected chi connectivity index (χ4v) is 3.48. The molecule has 2 aromatic carbocycles. The number of hydrogen-bond acceptors (Lipinski definition) is 5. The van der Waals surface area contributed by atoms with Gasteiger partial charge < -0.3 is 14.8 Å². The number of fused-ring (bicyclic) bond motifs is 2. The third kappa shape index (κ3) is 5.85. The van der Waals surface area contributed by atoms with Gasteiger partial charge in [0.25, 0.3) is 0 Å². The molecule has 0 fully saturated rings. The molecule has 0 spiro atoms. The van der Waals surface area contributed by atoms with Crippen LogP contribution in [0.1, 0.15) is 42.4 Å². The normalized spacial score (nSPS) is 14.7.